The molecular weight excluding hydrogens is 290 g/mol. The van der Waals surface area contributed by atoms with Gasteiger partial charge in [-0.1, -0.05) is 21.1 Å². The molecule has 1 heterocycles. The predicted octanol–water partition coefficient (Wildman–Crippen LogP) is 2.82. The van der Waals surface area contributed by atoms with Crippen molar-refractivity contribution in [1.82, 2.24) is 5.16 Å². The van der Waals surface area contributed by atoms with Crippen molar-refractivity contribution < 1.29 is 19.5 Å². The van der Waals surface area contributed by atoms with E-state index in [9.17, 15) is 9.90 Å². The first-order valence-corrected chi connectivity index (χ1v) is 5.48. The first-order valence-electron chi connectivity index (χ1n) is 4.68. The van der Waals surface area contributed by atoms with Crippen LogP contribution in [0.1, 0.15) is 16.1 Å². The van der Waals surface area contributed by atoms with Crippen molar-refractivity contribution in [1.29, 1.82) is 0 Å². The number of aromatic nitrogens is 1. The van der Waals surface area contributed by atoms with Gasteiger partial charge < -0.3 is 14.7 Å². The average Bonchev–Trinajstić information content (AvgIpc) is 2.72. The second-order valence-electron chi connectivity index (χ2n) is 3.50. The zero-order chi connectivity index (χ0) is 12.6. The van der Waals surface area contributed by atoms with Crippen molar-refractivity contribution in [2.45, 2.75) is 6.92 Å². The minimum absolute atomic E-state index is 0.0240. The monoisotopic (exact) mass is 297 g/mol. The third-order valence-electron chi connectivity index (χ3n) is 2.27. The van der Waals surface area contributed by atoms with E-state index in [1.807, 2.05) is 6.92 Å². The highest BCUT2D eigenvalue weighted by Gasteiger charge is 2.15. The minimum Gasteiger partial charge on any atom is -0.507 e. The Bertz CT molecular complexity index is 591. The van der Waals surface area contributed by atoms with E-state index in [1.165, 1.54) is 6.07 Å². The summed E-state index contributed by atoms with van der Waals surface area (Å²) in [6.45, 7) is 1.83. The molecule has 0 amide bonds. The molecule has 0 aliphatic carbocycles. The number of phenolic OH excluding ortho intramolecular Hbond substituents is 1. The Hall–Kier alpha value is -1.82. The topological polar surface area (TPSA) is 83.6 Å². The molecule has 2 aromatic rings. The number of carboxylic acids is 1. The minimum atomic E-state index is -1.20. The highest BCUT2D eigenvalue weighted by atomic mass is 79.9. The lowest BCUT2D eigenvalue weighted by Crippen LogP contribution is -1.91. The van der Waals surface area contributed by atoms with Gasteiger partial charge in [0.1, 0.15) is 11.4 Å². The molecule has 0 bridgehead atoms. The molecule has 1 aromatic heterocycles. The number of halogens is 1. The number of benzene rings is 1. The number of aryl methyl sites for hydroxylation is 1. The van der Waals surface area contributed by atoms with Crippen LogP contribution < -0.4 is 0 Å². The number of hydrogen-bond donors (Lipinski definition) is 2. The van der Waals surface area contributed by atoms with E-state index < -0.39 is 5.97 Å². The van der Waals surface area contributed by atoms with Crippen molar-refractivity contribution in [2.75, 3.05) is 0 Å². The summed E-state index contributed by atoms with van der Waals surface area (Å²) >= 11 is 3.33. The molecule has 5 nitrogen and oxygen atoms in total. The van der Waals surface area contributed by atoms with Crippen LogP contribution >= 0.6 is 15.9 Å². The van der Waals surface area contributed by atoms with Crippen molar-refractivity contribution in [3.05, 3.63) is 34.0 Å². The molecule has 2 rings (SSSR count). The van der Waals surface area contributed by atoms with Gasteiger partial charge in [-0.2, -0.15) is 0 Å². The zero-order valence-electron chi connectivity index (χ0n) is 8.77. The van der Waals surface area contributed by atoms with Crippen LogP contribution in [0.5, 0.6) is 5.75 Å². The largest absolute Gasteiger partial charge is 0.507 e. The van der Waals surface area contributed by atoms with Crippen molar-refractivity contribution in [2.24, 2.45) is 0 Å². The average molecular weight is 298 g/mol. The van der Waals surface area contributed by atoms with E-state index >= 15 is 0 Å². The zero-order valence-corrected chi connectivity index (χ0v) is 10.4. The number of hydrogen-bond acceptors (Lipinski definition) is 4. The summed E-state index contributed by atoms with van der Waals surface area (Å²) < 4.78 is 5.43. The normalized spacial score (nSPS) is 10.5. The van der Waals surface area contributed by atoms with Crippen LogP contribution in [0.4, 0.5) is 0 Å². The van der Waals surface area contributed by atoms with Gasteiger partial charge in [-0.25, -0.2) is 4.79 Å². The number of nitrogens with zero attached hydrogens (tertiary/aromatic N) is 1. The van der Waals surface area contributed by atoms with Gasteiger partial charge in [0.05, 0.1) is 0 Å². The van der Waals surface area contributed by atoms with Gasteiger partial charge in [0.25, 0.3) is 0 Å². The molecule has 0 saturated heterocycles. The molecule has 17 heavy (non-hydrogen) atoms. The van der Waals surface area contributed by atoms with Crippen LogP contribution in [0, 0.1) is 6.92 Å². The molecule has 0 saturated carbocycles. The van der Waals surface area contributed by atoms with Crippen molar-refractivity contribution in [3.63, 3.8) is 0 Å². The highest BCUT2D eigenvalue weighted by Crippen LogP contribution is 2.33. The molecule has 0 radical (unpaired) electrons. The second-order valence-corrected chi connectivity index (χ2v) is 4.35. The van der Waals surface area contributed by atoms with Crippen LogP contribution in [0.15, 0.2) is 27.2 Å². The summed E-state index contributed by atoms with van der Waals surface area (Å²) in [5, 5.41) is 22.1. The number of aromatic carboxylic acids is 1. The number of carboxylic acid groups (broad SMARTS) is 1. The van der Waals surface area contributed by atoms with Crippen molar-refractivity contribution >= 4 is 21.9 Å². The Labute approximate surface area is 105 Å². The second kappa shape index (κ2) is 4.21. The molecule has 0 aliphatic rings. The molecule has 0 spiro atoms. The van der Waals surface area contributed by atoms with Gasteiger partial charge in [-0.05, 0) is 24.6 Å². The van der Waals surface area contributed by atoms with Crippen LogP contribution in [-0.2, 0) is 0 Å². The Kier molecular flexibility index (Phi) is 2.89. The molecule has 0 unspecified atom stereocenters. The van der Waals surface area contributed by atoms with Gasteiger partial charge in [0, 0.05) is 16.1 Å². The smallest absolute Gasteiger partial charge is 0.374 e. The first-order chi connectivity index (χ1) is 7.99. The lowest BCUT2D eigenvalue weighted by Gasteiger charge is -2.04. The van der Waals surface area contributed by atoms with E-state index in [-0.39, 0.29) is 17.2 Å². The van der Waals surface area contributed by atoms with Gasteiger partial charge in [0.2, 0.25) is 5.76 Å². The lowest BCUT2D eigenvalue weighted by atomic mass is 10.1. The molecule has 6 heteroatoms. The summed E-state index contributed by atoms with van der Waals surface area (Å²) in [5.74, 6) is -1.44. The number of carbonyl (C=O) groups is 1. The Balaban J connectivity index is 2.52. The molecule has 88 valence electrons. The number of rotatable bonds is 2. The lowest BCUT2D eigenvalue weighted by molar-refractivity contribution is 0.0652. The maximum Gasteiger partial charge on any atom is 0.374 e. The van der Waals surface area contributed by atoms with Gasteiger partial charge in [-0.3, -0.25) is 0 Å². The summed E-state index contributed by atoms with van der Waals surface area (Å²) in [6.07, 6.45) is 0. The molecule has 2 N–H and O–H groups in total. The van der Waals surface area contributed by atoms with Crippen LogP contribution in [-0.4, -0.2) is 21.3 Å². The fourth-order valence-electron chi connectivity index (χ4n) is 1.37. The summed E-state index contributed by atoms with van der Waals surface area (Å²) in [4.78, 5) is 10.6. The molecule has 0 aliphatic heterocycles. The molecular formula is C11H8BrNO4. The Morgan fingerprint density at radius 2 is 2.12 bits per heavy atom. The summed E-state index contributed by atoms with van der Waals surface area (Å²) in [7, 11) is 0. The molecule has 0 atom stereocenters. The maximum absolute atomic E-state index is 10.6. The maximum atomic E-state index is 10.6. The van der Waals surface area contributed by atoms with Crippen LogP contribution in [0.3, 0.4) is 0 Å². The predicted molar refractivity (Wildman–Crippen MR) is 63.0 cm³/mol. The SMILES string of the molecule is Cc1cc(O)c(-c2cc(C(=O)O)on2)cc1Br. The van der Waals surface area contributed by atoms with Gasteiger partial charge >= 0.3 is 5.97 Å². The summed E-state index contributed by atoms with van der Waals surface area (Å²) in [6, 6.07) is 4.49. The van der Waals surface area contributed by atoms with E-state index in [4.69, 9.17) is 5.11 Å². The van der Waals surface area contributed by atoms with Crippen LogP contribution in [0.25, 0.3) is 11.3 Å². The fourth-order valence-corrected chi connectivity index (χ4v) is 1.72. The highest BCUT2D eigenvalue weighted by molar-refractivity contribution is 9.10. The Morgan fingerprint density at radius 3 is 2.71 bits per heavy atom. The Morgan fingerprint density at radius 1 is 1.41 bits per heavy atom. The van der Waals surface area contributed by atoms with E-state index in [0.29, 0.717) is 5.56 Å². The third-order valence-corrected chi connectivity index (χ3v) is 3.13. The van der Waals surface area contributed by atoms with Gasteiger partial charge in [-0.15, -0.1) is 0 Å². The third kappa shape index (κ3) is 2.16. The summed E-state index contributed by atoms with van der Waals surface area (Å²) in [5.41, 5.74) is 1.56. The number of phenols is 1. The van der Waals surface area contributed by atoms with E-state index in [2.05, 4.69) is 25.6 Å². The quantitative estimate of drug-likeness (QED) is 0.890. The van der Waals surface area contributed by atoms with Gasteiger partial charge in [0.15, 0.2) is 0 Å². The first kappa shape index (κ1) is 11.7. The standard InChI is InChI=1S/C11H8BrNO4/c1-5-2-9(14)6(3-7(5)12)8-4-10(11(15)16)17-13-8/h2-4,14H,1H3,(H,15,16). The van der Waals surface area contributed by atoms with E-state index in [1.54, 1.807) is 12.1 Å². The number of aromatic hydroxyl groups is 1. The van der Waals surface area contributed by atoms with Crippen molar-refractivity contribution in [3.8, 4) is 17.0 Å². The molecule has 1 aromatic carbocycles. The van der Waals surface area contributed by atoms with Crippen LogP contribution in [0.2, 0.25) is 0 Å². The van der Waals surface area contributed by atoms with E-state index in [0.717, 1.165) is 10.0 Å². The fraction of sp³-hybridized carbons (Fsp3) is 0.0909. The molecule has 0 fully saturated rings.